The van der Waals surface area contributed by atoms with Crippen molar-refractivity contribution < 1.29 is 4.84 Å². The molecule has 3 rings (SSSR count). The molecule has 4 heteroatoms. The van der Waals surface area contributed by atoms with E-state index in [0.29, 0.717) is 5.56 Å². The van der Waals surface area contributed by atoms with Gasteiger partial charge in [0.25, 0.3) is 0 Å². The van der Waals surface area contributed by atoms with Gasteiger partial charge in [-0.25, -0.2) is 0 Å². The van der Waals surface area contributed by atoms with Gasteiger partial charge in [0.05, 0.1) is 5.56 Å². The molecule has 1 saturated heterocycles. The van der Waals surface area contributed by atoms with Crippen LogP contribution in [0.5, 0.6) is 5.75 Å². The Balaban J connectivity index is 2.00. The lowest BCUT2D eigenvalue weighted by Gasteiger charge is -2.26. The highest BCUT2D eigenvalue weighted by molar-refractivity contribution is 5.92. The summed E-state index contributed by atoms with van der Waals surface area (Å²) in [6.07, 6.45) is 6.95. The zero-order valence-corrected chi connectivity index (χ0v) is 10.7. The minimum absolute atomic E-state index is 0.560. The number of pyridine rings is 1. The van der Waals surface area contributed by atoms with E-state index in [-0.39, 0.29) is 0 Å². The lowest BCUT2D eigenvalue weighted by molar-refractivity contribution is -0.0706. The summed E-state index contributed by atoms with van der Waals surface area (Å²) in [5.41, 5.74) is 0.560. The average molecular weight is 253 g/mol. The fraction of sp³-hybridized carbons (Fsp3) is 0.333. The Hall–Kier alpha value is -2.12. The van der Waals surface area contributed by atoms with Gasteiger partial charge in [-0.05, 0) is 18.9 Å². The Bertz CT molecular complexity index is 622. The lowest BCUT2D eigenvalue weighted by Crippen LogP contribution is -2.32. The van der Waals surface area contributed by atoms with E-state index in [0.717, 1.165) is 42.5 Å². The summed E-state index contributed by atoms with van der Waals surface area (Å²) in [4.78, 5) is 10.0. The molecule has 1 aliphatic heterocycles. The summed E-state index contributed by atoms with van der Waals surface area (Å²) < 4.78 is 0. The molecule has 0 N–H and O–H groups in total. The van der Waals surface area contributed by atoms with Gasteiger partial charge < -0.3 is 4.84 Å². The number of benzene rings is 1. The summed E-state index contributed by atoms with van der Waals surface area (Å²) >= 11 is 0. The largest absolute Gasteiger partial charge is 0.405 e. The normalized spacial score (nSPS) is 16.2. The Morgan fingerprint density at radius 1 is 1.16 bits per heavy atom. The van der Waals surface area contributed by atoms with Gasteiger partial charge in [-0.2, -0.15) is 5.26 Å². The molecule has 0 spiro atoms. The minimum Gasteiger partial charge on any atom is -0.405 e. The first-order chi connectivity index (χ1) is 9.38. The molecule has 0 radical (unpaired) electrons. The van der Waals surface area contributed by atoms with E-state index < -0.39 is 0 Å². The molecule has 2 heterocycles. The second-order valence-corrected chi connectivity index (χ2v) is 4.73. The molecule has 19 heavy (non-hydrogen) atoms. The number of rotatable bonds is 2. The lowest BCUT2D eigenvalue weighted by atomic mass is 10.1. The third-order valence-corrected chi connectivity index (χ3v) is 3.41. The summed E-state index contributed by atoms with van der Waals surface area (Å²) in [5, 5.41) is 13.0. The molecule has 96 valence electrons. The number of piperidine rings is 1. The van der Waals surface area contributed by atoms with Crippen molar-refractivity contribution in [3.05, 3.63) is 36.2 Å². The Labute approximate surface area is 112 Å². The van der Waals surface area contributed by atoms with Crippen molar-refractivity contribution >= 4 is 10.8 Å². The van der Waals surface area contributed by atoms with Gasteiger partial charge >= 0.3 is 0 Å². The van der Waals surface area contributed by atoms with E-state index >= 15 is 0 Å². The van der Waals surface area contributed by atoms with Gasteiger partial charge in [0.2, 0.25) is 0 Å². The van der Waals surface area contributed by atoms with Crippen molar-refractivity contribution in [2.75, 3.05) is 13.1 Å². The fourth-order valence-corrected chi connectivity index (χ4v) is 2.46. The van der Waals surface area contributed by atoms with Crippen LogP contribution in [0, 0.1) is 11.3 Å². The van der Waals surface area contributed by atoms with Crippen molar-refractivity contribution in [1.82, 2.24) is 10.0 Å². The summed E-state index contributed by atoms with van der Waals surface area (Å²) in [5.74, 6) is 0.748. The second kappa shape index (κ2) is 5.25. The van der Waals surface area contributed by atoms with E-state index in [1.807, 2.05) is 23.3 Å². The van der Waals surface area contributed by atoms with E-state index in [1.165, 1.54) is 6.42 Å². The van der Waals surface area contributed by atoms with Crippen LogP contribution in [-0.4, -0.2) is 23.1 Å². The molecule has 1 aromatic carbocycles. The van der Waals surface area contributed by atoms with Gasteiger partial charge in [-0.1, -0.05) is 18.6 Å². The molecular weight excluding hydrogens is 238 g/mol. The first kappa shape index (κ1) is 11.9. The van der Waals surface area contributed by atoms with E-state index in [2.05, 4.69) is 11.1 Å². The van der Waals surface area contributed by atoms with Crippen LogP contribution < -0.4 is 4.84 Å². The average Bonchev–Trinajstić information content (AvgIpc) is 2.48. The van der Waals surface area contributed by atoms with Crippen molar-refractivity contribution in [2.45, 2.75) is 19.3 Å². The first-order valence-corrected chi connectivity index (χ1v) is 6.58. The van der Waals surface area contributed by atoms with Crippen LogP contribution in [0.3, 0.4) is 0 Å². The molecule has 0 unspecified atom stereocenters. The standard InChI is InChI=1S/C15H15N3O/c16-9-13-11-17-10-12-5-4-6-14(15(12)13)19-18-7-2-1-3-8-18/h4-6,10-11H,1-3,7-8H2. The Morgan fingerprint density at radius 3 is 2.79 bits per heavy atom. The van der Waals surface area contributed by atoms with Crippen molar-refractivity contribution in [2.24, 2.45) is 0 Å². The molecule has 0 saturated carbocycles. The molecule has 0 bridgehead atoms. The van der Waals surface area contributed by atoms with Crippen LogP contribution in [0.15, 0.2) is 30.6 Å². The van der Waals surface area contributed by atoms with Gasteiger partial charge in [0, 0.05) is 36.3 Å². The maximum Gasteiger partial charge on any atom is 0.156 e. The van der Waals surface area contributed by atoms with Crippen LogP contribution in [0.4, 0.5) is 0 Å². The Morgan fingerprint density at radius 2 is 2.00 bits per heavy atom. The number of fused-ring (bicyclic) bond motifs is 1. The molecule has 0 atom stereocenters. The molecule has 0 amide bonds. The molecule has 0 aliphatic carbocycles. The van der Waals surface area contributed by atoms with Gasteiger partial charge in [0.1, 0.15) is 6.07 Å². The number of nitriles is 1. The smallest absolute Gasteiger partial charge is 0.156 e. The Kier molecular flexibility index (Phi) is 3.30. The number of nitrogens with zero attached hydrogens (tertiary/aromatic N) is 3. The van der Waals surface area contributed by atoms with Crippen LogP contribution in [0.2, 0.25) is 0 Å². The van der Waals surface area contributed by atoms with E-state index in [9.17, 15) is 5.26 Å². The number of hydrogen-bond donors (Lipinski definition) is 0. The third kappa shape index (κ3) is 2.38. The van der Waals surface area contributed by atoms with Crippen LogP contribution in [0.1, 0.15) is 24.8 Å². The molecule has 4 nitrogen and oxygen atoms in total. The molecule has 1 aromatic heterocycles. The molecule has 1 fully saturated rings. The highest BCUT2D eigenvalue weighted by Crippen LogP contribution is 2.29. The number of aromatic nitrogens is 1. The van der Waals surface area contributed by atoms with E-state index in [4.69, 9.17) is 4.84 Å². The van der Waals surface area contributed by atoms with Crippen LogP contribution >= 0.6 is 0 Å². The predicted molar refractivity (Wildman–Crippen MR) is 72.5 cm³/mol. The van der Waals surface area contributed by atoms with E-state index in [1.54, 1.807) is 12.4 Å². The van der Waals surface area contributed by atoms with Crippen molar-refractivity contribution in [3.63, 3.8) is 0 Å². The monoisotopic (exact) mass is 253 g/mol. The minimum atomic E-state index is 0.560. The second-order valence-electron chi connectivity index (χ2n) is 4.73. The SMILES string of the molecule is N#Cc1cncc2cccc(ON3CCCCC3)c12. The zero-order chi connectivity index (χ0) is 13.1. The highest BCUT2D eigenvalue weighted by Gasteiger charge is 2.14. The number of hydroxylamine groups is 2. The van der Waals surface area contributed by atoms with Gasteiger partial charge in [0.15, 0.2) is 5.75 Å². The zero-order valence-electron chi connectivity index (χ0n) is 10.7. The maximum absolute atomic E-state index is 9.21. The van der Waals surface area contributed by atoms with Crippen LogP contribution in [0.25, 0.3) is 10.8 Å². The maximum atomic E-state index is 9.21. The van der Waals surface area contributed by atoms with Crippen molar-refractivity contribution in [3.8, 4) is 11.8 Å². The summed E-state index contributed by atoms with van der Waals surface area (Å²) in [6, 6.07) is 7.99. The van der Waals surface area contributed by atoms with Gasteiger partial charge in [-0.15, -0.1) is 5.06 Å². The number of hydrogen-bond acceptors (Lipinski definition) is 4. The molecule has 2 aromatic rings. The topological polar surface area (TPSA) is 49.1 Å². The van der Waals surface area contributed by atoms with Crippen LogP contribution in [-0.2, 0) is 0 Å². The quantitative estimate of drug-likeness (QED) is 0.825. The molecule has 1 aliphatic rings. The summed E-state index contributed by atoms with van der Waals surface area (Å²) in [7, 11) is 0. The highest BCUT2D eigenvalue weighted by atomic mass is 16.7. The molecular formula is C15H15N3O. The van der Waals surface area contributed by atoms with Gasteiger partial charge in [-0.3, -0.25) is 4.98 Å². The van der Waals surface area contributed by atoms with Crippen molar-refractivity contribution in [1.29, 1.82) is 5.26 Å². The predicted octanol–water partition coefficient (Wildman–Crippen LogP) is 2.89. The summed E-state index contributed by atoms with van der Waals surface area (Å²) in [6.45, 7) is 1.90. The fourth-order valence-electron chi connectivity index (χ4n) is 2.46. The third-order valence-electron chi connectivity index (χ3n) is 3.41. The first-order valence-electron chi connectivity index (χ1n) is 6.58.